The van der Waals surface area contributed by atoms with Crippen LogP contribution in [0.25, 0.3) is 0 Å². The Morgan fingerprint density at radius 3 is 2.67 bits per heavy atom. The summed E-state index contributed by atoms with van der Waals surface area (Å²) in [5.41, 5.74) is 0.685. The van der Waals surface area contributed by atoms with E-state index in [0.29, 0.717) is 12.1 Å². The van der Waals surface area contributed by atoms with Gasteiger partial charge in [0.15, 0.2) is 9.84 Å². The number of carbonyl (C=O) groups is 1. The Morgan fingerprint density at radius 2 is 2.05 bits per heavy atom. The third-order valence-corrected chi connectivity index (χ3v) is 5.32. The Morgan fingerprint density at radius 1 is 1.33 bits per heavy atom. The summed E-state index contributed by atoms with van der Waals surface area (Å²) >= 11 is 3.30. The van der Waals surface area contributed by atoms with Gasteiger partial charge in [-0.3, -0.25) is 4.79 Å². The van der Waals surface area contributed by atoms with Gasteiger partial charge in [0.05, 0.1) is 5.75 Å². The molecule has 1 atom stereocenters. The molecule has 1 aliphatic heterocycles. The molecule has 0 aliphatic carbocycles. The first-order chi connectivity index (χ1) is 9.94. The highest BCUT2D eigenvalue weighted by molar-refractivity contribution is 9.10. The SMILES string of the molecule is O=C(CS(=O)(=O)Cc1ccc(Br)cc1)NC1CCCNC1. The molecular formula is C14H19BrN2O3S. The largest absolute Gasteiger partial charge is 0.351 e. The van der Waals surface area contributed by atoms with Crippen molar-refractivity contribution >= 4 is 31.7 Å². The molecule has 0 radical (unpaired) electrons. The summed E-state index contributed by atoms with van der Waals surface area (Å²) in [6, 6.07) is 7.10. The summed E-state index contributed by atoms with van der Waals surface area (Å²) in [6.45, 7) is 1.66. The Hall–Kier alpha value is -0.920. The first-order valence-electron chi connectivity index (χ1n) is 6.89. The zero-order chi connectivity index (χ0) is 15.3. The molecule has 0 spiro atoms. The fourth-order valence-electron chi connectivity index (χ4n) is 2.33. The van der Waals surface area contributed by atoms with Crippen LogP contribution >= 0.6 is 15.9 Å². The lowest BCUT2D eigenvalue weighted by Crippen LogP contribution is -2.47. The minimum atomic E-state index is -3.45. The monoisotopic (exact) mass is 374 g/mol. The molecule has 1 saturated heterocycles. The van der Waals surface area contributed by atoms with E-state index in [-0.39, 0.29) is 11.8 Å². The van der Waals surface area contributed by atoms with Crippen LogP contribution in [-0.4, -0.2) is 39.2 Å². The third-order valence-electron chi connectivity index (χ3n) is 3.31. The average Bonchev–Trinajstić information content (AvgIpc) is 2.41. The molecule has 0 saturated carbocycles. The number of sulfone groups is 1. The van der Waals surface area contributed by atoms with E-state index in [4.69, 9.17) is 0 Å². The van der Waals surface area contributed by atoms with Crippen LogP contribution in [0.5, 0.6) is 0 Å². The molecule has 5 nitrogen and oxygen atoms in total. The molecule has 7 heteroatoms. The van der Waals surface area contributed by atoms with Gasteiger partial charge in [0.2, 0.25) is 5.91 Å². The second-order valence-corrected chi connectivity index (χ2v) is 8.25. The summed E-state index contributed by atoms with van der Waals surface area (Å²) in [7, 11) is -3.45. The minimum absolute atomic E-state index is 0.0362. The number of piperidine rings is 1. The fourth-order valence-corrected chi connectivity index (χ4v) is 3.88. The van der Waals surface area contributed by atoms with Gasteiger partial charge in [0.25, 0.3) is 0 Å². The maximum absolute atomic E-state index is 12.0. The Kier molecular flexibility index (Phi) is 5.78. The highest BCUT2D eigenvalue weighted by atomic mass is 79.9. The Balaban J connectivity index is 1.87. The summed E-state index contributed by atoms with van der Waals surface area (Å²) in [4.78, 5) is 11.8. The van der Waals surface area contributed by atoms with E-state index in [1.165, 1.54) is 0 Å². The zero-order valence-corrected chi connectivity index (χ0v) is 14.0. The van der Waals surface area contributed by atoms with Gasteiger partial charge in [-0.1, -0.05) is 28.1 Å². The van der Waals surface area contributed by atoms with Crippen molar-refractivity contribution in [3.63, 3.8) is 0 Å². The van der Waals surface area contributed by atoms with Crippen LogP contribution in [0.1, 0.15) is 18.4 Å². The first-order valence-corrected chi connectivity index (χ1v) is 9.51. The topological polar surface area (TPSA) is 75.3 Å². The highest BCUT2D eigenvalue weighted by Crippen LogP contribution is 2.13. The number of rotatable bonds is 5. The molecule has 1 amide bonds. The van der Waals surface area contributed by atoms with Crippen molar-refractivity contribution in [3.05, 3.63) is 34.3 Å². The second-order valence-electron chi connectivity index (χ2n) is 5.27. The number of hydrogen-bond donors (Lipinski definition) is 2. The molecule has 21 heavy (non-hydrogen) atoms. The molecule has 1 aliphatic rings. The number of benzene rings is 1. The summed E-state index contributed by atoms with van der Waals surface area (Å²) in [5, 5.41) is 5.96. The molecule has 2 N–H and O–H groups in total. The van der Waals surface area contributed by atoms with Crippen LogP contribution in [0.15, 0.2) is 28.7 Å². The van der Waals surface area contributed by atoms with Crippen molar-refractivity contribution in [2.24, 2.45) is 0 Å². The van der Waals surface area contributed by atoms with E-state index in [1.54, 1.807) is 24.3 Å². The molecule has 1 heterocycles. The van der Waals surface area contributed by atoms with Crippen LogP contribution in [-0.2, 0) is 20.4 Å². The van der Waals surface area contributed by atoms with Gasteiger partial charge in [-0.05, 0) is 37.1 Å². The number of carbonyl (C=O) groups excluding carboxylic acids is 1. The van der Waals surface area contributed by atoms with Crippen molar-refractivity contribution in [2.45, 2.75) is 24.6 Å². The number of amides is 1. The van der Waals surface area contributed by atoms with Crippen LogP contribution in [0.2, 0.25) is 0 Å². The second kappa shape index (κ2) is 7.38. The van der Waals surface area contributed by atoms with Crippen LogP contribution in [0.3, 0.4) is 0 Å². The molecule has 1 unspecified atom stereocenters. The molecule has 116 valence electrons. The lowest BCUT2D eigenvalue weighted by molar-refractivity contribution is -0.119. The molecular weight excluding hydrogens is 356 g/mol. The van der Waals surface area contributed by atoms with Crippen LogP contribution in [0.4, 0.5) is 0 Å². The standard InChI is InChI=1S/C14H19BrN2O3S/c15-12-5-3-11(4-6-12)9-21(19,20)10-14(18)17-13-2-1-7-16-8-13/h3-6,13,16H,1-2,7-10H2,(H,17,18). The molecule has 1 fully saturated rings. The third kappa shape index (κ3) is 5.76. The fraction of sp³-hybridized carbons (Fsp3) is 0.500. The predicted octanol–water partition coefficient (Wildman–Crippen LogP) is 1.23. The van der Waals surface area contributed by atoms with E-state index in [2.05, 4.69) is 26.6 Å². The van der Waals surface area contributed by atoms with Gasteiger partial charge in [-0.25, -0.2) is 8.42 Å². The highest BCUT2D eigenvalue weighted by Gasteiger charge is 2.21. The lowest BCUT2D eigenvalue weighted by Gasteiger charge is -2.23. The maximum Gasteiger partial charge on any atom is 0.235 e. The Labute approximate surface area is 133 Å². The minimum Gasteiger partial charge on any atom is -0.351 e. The van der Waals surface area contributed by atoms with Crippen molar-refractivity contribution in [3.8, 4) is 0 Å². The van der Waals surface area contributed by atoms with Crippen LogP contribution in [0, 0.1) is 0 Å². The van der Waals surface area contributed by atoms with Gasteiger partial charge in [-0.2, -0.15) is 0 Å². The lowest BCUT2D eigenvalue weighted by atomic mass is 10.1. The smallest absolute Gasteiger partial charge is 0.235 e. The van der Waals surface area contributed by atoms with E-state index in [0.717, 1.165) is 23.9 Å². The van der Waals surface area contributed by atoms with Gasteiger partial charge >= 0.3 is 0 Å². The van der Waals surface area contributed by atoms with E-state index < -0.39 is 21.5 Å². The van der Waals surface area contributed by atoms with Crippen molar-refractivity contribution in [1.82, 2.24) is 10.6 Å². The van der Waals surface area contributed by atoms with E-state index in [9.17, 15) is 13.2 Å². The number of hydrogen-bond acceptors (Lipinski definition) is 4. The molecule has 2 rings (SSSR count). The van der Waals surface area contributed by atoms with E-state index in [1.807, 2.05) is 0 Å². The van der Waals surface area contributed by atoms with E-state index >= 15 is 0 Å². The average molecular weight is 375 g/mol. The molecule has 0 bridgehead atoms. The van der Waals surface area contributed by atoms with Gasteiger partial charge in [0, 0.05) is 17.1 Å². The maximum atomic E-state index is 12.0. The zero-order valence-electron chi connectivity index (χ0n) is 11.6. The summed E-state index contributed by atoms with van der Waals surface area (Å²) in [5.74, 6) is -0.989. The van der Waals surface area contributed by atoms with Crippen molar-refractivity contribution < 1.29 is 13.2 Å². The molecule has 1 aromatic carbocycles. The van der Waals surface area contributed by atoms with Crippen molar-refractivity contribution in [1.29, 1.82) is 0 Å². The number of halogens is 1. The first kappa shape index (κ1) is 16.5. The molecule has 1 aromatic rings. The normalized spacial score (nSPS) is 19.2. The predicted molar refractivity (Wildman–Crippen MR) is 85.7 cm³/mol. The van der Waals surface area contributed by atoms with Gasteiger partial charge in [-0.15, -0.1) is 0 Å². The van der Waals surface area contributed by atoms with Gasteiger partial charge < -0.3 is 10.6 Å². The summed E-state index contributed by atoms with van der Waals surface area (Å²) in [6.07, 6.45) is 1.89. The molecule has 0 aromatic heterocycles. The van der Waals surface area contributed by atoms with Crippen LogP contribution < -0.4 is 10.6 Å². The number of nitrogens with one attached hydrogen (secondary N) is 2. The van der Waals surface area contributed by atoms with Crippen molar-refractivity contribution in [2.75, 3.05) is 18.8 Å². The summed E-state index contributed by atoms with van der Waals surface area (Å²) < 4.78 is 25.0. The van der Waals surface area contributed by atoms with Gasteiger partial charge in [0.1, 0.15) is 5.75 Å². The quantitative estimate of drug-likeness (QED) is 0.812. The Bertz CT molecular complexity index is 581.